The minimum absolute atomic E-state index is 0.277. The van der Waals surface area contributed by atoms with Gasteiger partial charge in [0.1, 0.15) is 12.7 Å². The molecule has 0 aliphatic carbocycles. The van der Waals surface area contributed by atoms with Gasteiger partial charge in [0.15, 0.2) is 11.9 Å². The van der Waals surface area contributed by atoms with Gasteiger partial charge in [-0.25, -0.2) is 4.99 Å². The van der Waals surface area contributed by atoms with E-state index in [4.69, 9.17) is 14.2 Å². The molecule has 0 aromatic heterocycles. The molecular weight excluding hydrogens is 405 g/mol. The highest BCUT2D eigenvalue weighted by Crippen LogP contribution is 2.43. The lowest BCUT2D eigenvalue weighted by molar-refractivity contribution is -0.143. The maximum atomic E-state index is 6.45. The van der Waals surface area contributed by atoms with Crippen LogP contribution in [0, 0.1) is 0 Å². The van der Waals surface area contributed by atoms with Crippen LogP contribution in [0.5, 0.6) is 0 Å². The highest BCUT2D eigenvalue weighted by Gasteiger charge is 2.47. The first kappa shape index (κ1) is 20.4. The predicted molar refractivity (Wildman–Crippen MR) is 126 cm³/mol. The third-order valence-electron chi connectivity index (χ3n) is 5.46. The molecule has 2 aliphatic heterocycles. The van der Waals surface area contributed by atoms with Gasteiger partial charge in [-0.05, 0) is 43.2 Å². The lowest BCUT2D eigenvalue weighted by atomic mass is 10.0. The van der Waals surface area contributed by atoms with Crippen LogP contribution < -0.4 is 15.9 Å². The van der Waals surface area contributed by atoms with E-state index in [9.17, 15) is 0 Å². The number of ether oxygens (including phenoxy) is 3. The number of rotatable bonds is 5. The van der Waals surface area contributed by atoms with Crippen LogP contribution in [-0.2, 0) is 14.2 Å². The summed E-state index contributed by atoms with van der Waals surface area (Å²) in [4.78, 5) is 4.54. The summed E-state index contributed by atoms with van der Waals surface area (Å²) in [6.45, 7) is 5.18. The Morgan fingerprint density at radius 2 is 1.35 bits per heavy atom. The fourth-order valence-corrected chi connectivity index (χ4v) is 6.70. The van der Waals surface area contributed by atoms with Crippen LogP contribution in [0.15, 0.2) is 89.9 Å². The molecule has 3 aromatic carbocycles. The Hall–Kier alpha value is -2.52. The van der Waals surface area contributed by atoms with Crippen LogP contribution in [0.1, 0.15) is 25.5 Å². The lowest BCUT2D eigenvalue weighted by Crippen LogP contribution is -2.31. The highest BCUT2D eigenvalue weighted by molar-refractivity contribution is 7.79. The van der Waals surface area contributed by atoms with Gasteiger partial charge < -0.3 is 14.2 Å². The van der Waals surface area contributed by atoms with Gasteiger partial charge in [0, 0.05) is 0 Å². The minimum Gasteiger partial charge on any atom is -0.477 e. The van der Waals surface area contributed by atoms with Crippen molar-refractivity contribution < 1.29 is 14.2 Å². The maximum Gasteiger partial charge on any atom is 0.216 e. The first-order chi connectivity index (χ1) is 15.1. The van der Waals surface area contributed by atoms with E-state index in [1.807, 2.05) is 13.8 Å². The smallest absolute Gasteiger partial charge is 0.216 e. The van der Waals surface area contributed by atoms with Crippen molar-refractivity contribution in [3.05, 3.63) is 90.5 Å². The van der Waals surface area contributed by atoms with E-state index in [0.717, 1.165) is 5.56 Å². The molecule has 0 saturated carbocycles. The molecule has 1 fully saturated rings. The van der Waals surface area contributed by atoms with E-state index in [0.29, 0.717) is 19.0 Å². The molecule has 0 spiro atoms. The molecule has 1 saturated heterocycles. The van der Waals surface area contributed by atoms with Crippen molar-refractivity contribution in [2.45, 2.75) is 31.8 Å². The molecule has 2 heterocycles. The van der Waals surface area contributed by atoms with Crippen molar-refractivity contribution in [2.24, 2.45) is 4.99 Å². The topological polar surface area (TPSA) is 40.0 Å². The molecule has 0 radical (unpaired) electrons. The van der Waals surface area contributed by atoms with Gasteiger partial charge >= 0.3 is 0 Å². The second-order valence-corrected chi connectivity index (χ2v) is 10.3. The van der Waals surface area contributed by atoms with Crippen LogP contribution in [0.2, 0.25) is 0 Å². The zero-order chi connectivity index (χ0) is 21.3. The fourth-order valence-electron chi connectivity index (χ4n) is 4.21. The normalized spacial score (nSPS) is 22.4. The Kier molecular flexibility index (Phi) is 5.62. The van der Waals surface area contributed by atoms with Gasteiger partial charge in [-0.15, -0.1) is 0 Å². The molecule has 2 atom stereocenters. The van der Waals surface area contributed by atoms with Crippen LogP contribution in [-0.4, -0.2) is 30.9 Å². The van der Waals surface area contributed by atoms with Gasteiger partial charge in [0.2, 0.25) is 5.90 Å². The second kappa shape index (κ2) is 8.55. The molecule has 0 N–H and O–H groups in total. The third-order valence-corrected chi connectivity index (χ3v) is 7.98. The largest absolute Gasteiger partial charge is 0.477 e. The number of benzene rings is 3. The Morgan fingerprint density at radius 1 is 0.774 bits per heavy atom. The fraction of sp³-hybridized carbons (Fsp3) is 0.269. The average Bonchev–Trinajstić information content (AvgIpc) is 3.43. The number of nitrogens with zero attached hydrogens (tertiary/aromatic N) is 1. The lowest BCUT2D eigenvalue weighted by Gasteiger charge is -2.26. The van der Waals surface area contributed by atoms with Gasteiger partial charge in [-0.1, -0.05) is 84.9 Å². The summed E-state index contributed by atoms with van der Waals surface area (Å²) in [5, 5.41) is 3.88. The standard InChI is InChI=1S/C26H26NO3P/c1-26(2)29-23(24(30-26)25-27-17-18-28-25)21-15-9-10-16-22(21)31(19-11-5-3-6-12-19)20-13-7-4-8-14-20/h3-16,23-24H,17-18H2,1-2H3/t23-,24+/m1/s1. The molecule has 0 bridgehead atoms. The molecule has 2 aliphatic rings. The molecular formula is C26H26NO3P. The van der Waals surface area contributed by atoms with Crippen molar-refractivity contribution in [1.29, 1.82) is 0 Å². The number of hydrogen-bond acceptors (Lipinski definition) is 4. The first-order valence-corrected chi connectivity index (χ1v) is 12.0. The Balaban J connectivity index is 1.64. The summed E-state index contributed by atoms with van der Waals surface area (Å²) in [6, 6.07) is 30.0. The summed E-state index contributed by atoms with van der Waals surface area (Å²) in [5.74, 6) is -0.0618. The van der Waals surface area contributed by atoms with Crippen LogP contribution in [0.4, 0.5) is 0 Å². The minimum atomic E-state index is -0.761. The summed E-state index contributed by atoms with van der Waals surface area (Å²) in [7, 11) is -0.761. The second-order valence-electron chi connectivity index (χ2n) is 8.11. The summed E-state index contributed by atoms with van der Waals surface area (Å²) < 4.78 is 18.5. The summed E-state index contributed by atoms with van der Waals surface area (Å²) in [6.07, 6.45) is -0.623. The SMILES string of the molecule is CC1(C)O[C@H](C2=NCCO2)[C@@H](c2ccccc2P(c2ccccc2)c2ccccc2)O1. The van der Waals surface area contributed by atoms with Gasteiger partial charge in [-0.2, -0.15) is 0 Å². The van der Waals surface area contributed by atoms with E-state index in [2.05, 4.69) is 89.9 Å². The van der Waals surface area contributed by atoms with Crippen LogP contribution >= 0.6 is 7.92 Å². The number of aliphatic imine (C=N–C) groups is 1. The monoisotopic (exact) mass is 431 g/mol. The predicted octanol–water partition coefficient (Wildman–Crippen LogP) is 4.07. The quantitative estimate of drug-likeness (QED) is 0.572. The van der Waals surface area contributed by atoms with Crippen molar-refractivity contribution in [1.82, 2.24) is 0 Å². The molecule has 3 aromatic rings. The Labute approximate surface area is 184 Å². The zero-order valence-corrected chi connectivity index (χ0v) is 18.7. The Bertz CT molecular complexity index is 1030. The van der Waals surface area contributed by atoms with Crippen LogP contribution in [0.25, 0.3) is 0 Å². The van der Waals surface area contributed by atoms with Crippen molar-refractivity contribution in [2.75, 3.05) is 13.2 Å². The highest BCUT2D eigenvalue weighted by atomic mass is 31.1. The average molecular weight is 431 g/mol. The van der Waals surface area contributed by atoms with E-state index < -0.39 is 13.7 Å². The van der Waals surface area contributed by atoms with Crippen molar-refractivity contribution in [3.63, 3.8) is 0 Å². The third kappa shape index (κ3) is 4.16. The molecule has 4 nitrogen and oxygen atoms in total. The van der Waals surface area contributed by atoms with Gasteiger partial charge in [-0.3, -0.25) is 0 Å². The van der Waals surface area contributed by atoms with Gasteiger partial charge in [0.05, 0.1) is 6.54 Å². The molecule has 5 rings (SSSR count). The zero-order valence-electron chi connectivity index (χ0n) is 17.8. The van der Waals surface area contributed by atoms with Gasteiger partial charge in [0.25, 0.3) is 0 Å². The Morgan fingerprint density at radius 3 is 1.97 bits per heavy atom. The van der Waals surface area contributed by atoms with E-state index in [1.54, 1.807) is 0 Å². The molecule has 0 unspecified atom stereocenters. The number of hydrogen-bond donors (Lipinski definition) is 0. The van der Waals surface area contributed by atoms with Crippen LogP contribution in [0.3, 0.4) is 0 Å². The van der Waals surface area contributed by atoms with Crippen molar-refractivity contribution in [3.8, 4) is 0 Å². The molecule has 5 heteroatoms. The molecule has 158 valence electrons. The molecule has 0 amide bonds. The van der Waals surface area contributed by atoms with Crippen molar-refractivity contribution >= 4 is 29.7 Å². The van der Waals surface area contributed by atoms with E-state index in [1.165, 1.54) is 15.9 Å². The summed E-state index contributed by atoms with van der Waals surface area (Å²) in [5.41, 5.74) is 1.13. The maximum absolute atomic E-state index is 6.45. The van der Waals surface area contributed by atoms with E-state index in [-0.39, 0.29) is 12.2 Å². The molecule has 31 heavy (non-hydrogen) atoms. The van der Waals surface area contributed by atoms with E-state index >= 15 is 0 Å². The summed E-state index contributed by atoms with van der Waals surface area (Å²) >= 11 is 0. The first-order valence-electron chi connectivity index (χ1n) is 10.6.